The van der Waals surface area contributed by atoms with E-state index in [2.05, 4.69) is 15.8 Å². The molecule has 1 fully saturated rings. The molecule has 1 aliphatic carbocycles. The van der Waals surface area contributed by atoms with Gasteiger partial charge in [0.1, 0.15) is 5.75 Å². The van der Waals surface area contributed by atoms with Crippen LogP contribution < -0.4 is 10.7 Å². The zero-order valence-electron chi connectivity index (χ0n) is 12.4. The predicted molar refractivity (Wildman–Crippen MR) is 83.3 cm³/mol. The molecule has 0 aliphatic heterocycles. The van der Waals surface area contributed by atoms with Crippen LogP contribution in [-0.4, -0.2) is 29.3 Å². The lowest BCUT2D eigenvalue weighted by molar-refractivity contribution is -0.120. The Morgan fingerprint density at radius 2 is 1.90 bits per heavy atom. The first-order chi connectivity index (χ1) is 10.1. The molecule has 1 saturated carbocycles. The summed E-state index contributed by atoms with van der Waals surface area (Å²) in [6.45, 7) is 2.12. The number of aromatic hydroxyl groups is 1. The van der Waals surface area contributed by atoms with Crippen LogP contribution in [0.1, 0.15) is 44.6 Å². The Labute approximate surface area is 125 Å². The number of carbonyl (C=O) groups excluding carboxylic acids is 1. The molecule has 1 aliphatic rings. The SMILES string of the molecule is C/C(=N/NC(=O)CNC1CCCCC1)c1ccc(O)cc1. The van der Waals surface area contributed by atoms with Gasteiger partial charge in [0, 0.05) is 6.04 Å². The minimum Gasteiger partial charge on any atom is -0.508 e. The minimum atomic E-state index is -0.126. The molecule has 5 nitrogen and oxygen atoms in total. The maximum atomic E-state index is 11.8. The van der Waals surface area contributed by atoms with Crippen LogP contribution in [0.2, 0.25) is 0 Å². The number of nitrogens with zero attached hydrogens (tertiary/aromatic N) is 1. The molecule has 0 radical (unpaired) electrons. The molecule has 0 saturated heterocycles. The van der Waals surface area contributed by atoms with Crippen LogP contribution in [0.25, 0.3) is 0 Å². The summed E-state index contributed by atoms with van der Waals surface area (Å²) in [5.41, 5.74) is 4.14. The van der Waals surface area contributed by atoms with Gasteiger partial charge >= 0.3 is 0 Å². The fourth-order valence-corrected chi connectivity index (χ4v) is 2.50. The number of amides is 1. The highest BCUT2D eigenvalue weighted by atomic mass is 16.3. The summed E-state index contributed by atoms with van der Waals surface area (Å²) in [7, 11) is 0. The lowest BCUT2D eigenvalue weighted by Gasteiger charge is -2.22. The number of hydrogen-bond donors (Lipinski definition) is 3. The molecule has 114 valence electrons. The van der Waals surface area contributed by atoms with Gasteiger partial charge in [-0.15, -0.1) is 0 Å². The van der Waals surface area contributed by atoms with Crippen LogP contribution >= 0.6 is 0 Å². The number of benzene rings is 1. The molecule has 1 aromatic rings. The number of hydrogen-bond acceptors (Lipinski definition) is 4. The van der Waals surface area contributed by atoms with E-state index in [-0.39, 0.29) is 11.7 Å². The Bertz CT molecular complexity index is 491. The maximum Gasteiger partial charge on any atom is 0.254 e. The van der Waals surface area contributed by atoms with Crippen molar-refractivity contribution >= 4 is 11.6 Å². The Kier molecular flexibility index (Phi) is 5.75. The zero-order valence-corrected chi connectivity index (χ0v) is 12.4. The molecule has 1 aromatic carbocycles. The van der Waals surface area contributed by atoms with Crippen molar-refractivity contribution in [1.82, 2.24) is 10.7 Å². The second-order valence-electron chi connectivity index (χ2n) is 5.49. The average molecular weight is 289 g/mol. The van der Waals surface area contributed by atoms with E-state index in [1.165, 1.54) is 19.3 Å². The van der Waals surface area contributed by atoms with Gasteiger partial charge in [0.25, 0.3) is 5.91 Å². The number of phenols is 1. The standard InChI is InChI=1S/C16H23N3O2/c1-12(13-7-9-15(20)10-8-13)18-19-16(21)11-17-14-5-3-2-4-6-14/h7-10,14,17,20H,2-6,11H2,1H3,(H,19,21)/b18-12-. The topological polar surface area (TPSA) is 73.7 Å². The molecule has 0 aromatic heterocycles. The van der Waals surface area contributed by atoms with Crippen molar-refractivity contribution in [3.8, 4) is 5.75 Å². The van der Waals surface area contributed by atoms with Gasteiger partial charge in [0.2, 0.25) is 0 Å². The van der Waals surface area contributed by atoms with Crippen molar-refractivity contribution in [2.75, 3.05) is 6.54 Å². The summed E-state index contributed by atoms with van der Waals surface area (Å²) >= 11 is 0. The van der Waals surface area contributed by atoms with E-state index >= 15 is 0 Å². The largest absolute Gasteiger partial charge is 0.508 e. The molecule has 5 heteroatoms. The van der Waals surface area contributed by atoms with E-state index in [9.17, 15) is 9.90 Å². The lowest BCUT2D eigenvalue weighted by atomic mass is 9.95. The Morgan fingerprint density at radius 3 is 2.57 bits per heavy atom. The first-order valence-electron chi connectivity index (χ1n) is 7.51. The van der Waals surface area contributed by atoms with E-state index in [0.29, 0.717) is 18.3 Å². The zero-order chi connectivity index (χ0) is 15.1. The Morgan fingerprint density at radius 1 is 1.24 bits per heavy atom. The Hall–Kier alpha value is -1.88. The second kappa shape index (κ2) is 7.78. The van der Waals surface area contributed by atoms with Gasteiger partial charge in [-0.25, -0.2) is 5.43 Å². The smallest absolute Gasteiger partial charge is 0.254 e. The second-order valence-corrected chi connectivity index (χ2v) is 5.49. The summed E-state index contributed by atoms with van der Waals surface area (Å²) in [6.07, 6.45) is 6.11. The summed E-state index contributed by atoms with van der Waals surface area (Å²) < 4.78 is 0. The molecular formula is C16H23N3O2. The third-order valence-corrected chi connectivity index (χ3v) is 3.79. The number of hydrazone groups is 1. The van der Waals surface area contributed by atoms with Crippen molar-refractivity contribution in [1.29, 1.82) is 0 Å². The van der Waals surface area contributed by atoms with Gasteiger partial charge in [0.15, 0.2) is 0 Å². The van der Waals surface area contributed by atoms with E-state index < -0.39 is 0 Å². The summed E-state index contributed by atoms with van der Waals surface area (Å²) in [5.74, 6) is 0.0889. The lowest BCUT2D eigenvalue weighted by Crippen LogP contribution is -2.38. The quantitative estimate of drug-likeness (QED) is 0.574. The van der Waals surface area contributed by atoms with Crippen LogP contribution in [0.3, 0.4) is 0 Å². The van der Waals surface area contributed by atoms with Crippen LogP contribution in [0.4, 0.5) is 0 Å². The highest BCUT2D eigenvalue weighted by molar-refractivity contribution is 5.99. The van der Waals surface area contributed by atoms with Crippen molar-refractivity contribution in [3.05, 3.63) is 29.8 Å². The normalized spacial score (nSPS) is 16.7. The summed E-state index contributed by atoms with van der Waals surface area (Å²) in [6, 6.07) is 7.19. The van der Waals surface area contributed by atoms with E-state index in [4.69, 9.17) is 0 Å². The number of carbonyl (C=O) groups is 1. The van der Waals surface area contributed by atoms with Crippen molar-refractivity contribution < 1.29 is 9.90 Å². The van der Waals surface area contributed by atoms with E-state index in [0.717, 1.165) is 18.4 Å². The number of rotatable bonds is 5. The average Bonchev–Trinajstić information content (AvgIpc) is 2.52. The van der Waals surface area contributed by atoms with Crippen molar-refractivity contribution in [2.45, 2.75) is 45.1 Å². The van der Waals surface area contributed by atoms with E-state index in [1.807, 2.05) is 6.92 Å². The van der Waals surface area contributed by atoms with Gasteiger partial charge in [-0.3, -0.25) is 4.79 Å². The van der Waals surface area contributed by atoms with Crippen LogP contribution in [0.5, 0.6) is 5.75 Å². The highest BCUT2D eigenvalue weighted by Crippen LogP contribution is 2.16. The van der Waals surface area contributed by atoms with Gasteiger partial charge in [-0.1, -0.05) is 19.3 Å². The molecule has 1 amide bonds. The summed E-state index contributed by atoms with van der Waals surface area (Å²) in [5, 5.41) is 16.6. The molecular weight excluding hydrogens is 266 g/mol. The third-order valence-electron chi connectivity index (χ3n) is 3.79. The van der Waals surface area contributed by atoms with Crippen LogP contribution in [0.15, 0.2) is 29.4 Å². The summed E-state index contributed by atoms with van der Waals surface area (Å²) in [4.78, 5) is 11.8. The van der Waals surface area contributed by atoms with Crippen molar-refractivity contribution in [3.63, 3.8) is 0 Å². The first kappa shape index (κ1) is 15.5. The fourth-order valence-electron chi connectivity index (χ4n) is 2.50. The minimum absolute atomic E-state index is 0.126. The molecule has 3 N–H and O–H groups in total. The van der Waals surface area contributed by atoms with Gasteiger partial charge in [-0.2, -0.15) is 5.10 Å². The first-order valence-corrected chi connectivity index (χ1v) is 7.51. The Balaban J connectivity index is 1.76. The van der Waals surface area contributed by atoms with Gasteiger partial charge in [0.05, 0.1) is 12.3 Å². The van der Waals surface area contributed by atoms with Crippen molar-refractivity contribution in [2.24, 2.45) is 5.10 Å². The molecule has 2 rings (SSSR count). The van der Waals surface area contributed by atoms with Gasteiger partial charge in [-0.05, 0) is 49.6 Å². The maximum absolute atomic E-state index is 11.8. The van der Waals surface area contributed by atoms with Crippen LogP contribution in [0, 0.1) is 0 Å². The van der Waals surface area contributed by atoms with Crippen LogP contribution in [-0.2, 0) is 4.79 Å². The fraction of sp³-hybridized carbons (Fsp3) is 0.500. The molecule has 0 unspecified atom stereocenters. The highest BCUT2D eigenvalue weighted by Gasteiger charge is 2.13. The van der Waals surface area contributed by atoms with Gasteiger partial charge < -0.3 is 10.4 Å². The number of phenolic OH excluding ortho intramolecular Hbond substituents is 1. The molecule has 0 bridgehead atoms. The third kappa shape index (κ3) is 5.19. The molecule has 0 spiro atoms. The number of nitrogens with one attached hydrogen (secondary N) is 2. The predicted octanol–water partition coefficient (Wildman–Crippen LogP) is 2.15. The molecule has 0 heterocycles. The molecule has 0 atom stereocenters. The van der Waals surface area contributed by atoms with E-state index in [1.54, 1.807) is 24.3 Å². The monoisotopic (exact) mass is 289 g/mol. The molecule has 21 heavy (non-hydrogen) atoms.